The van der Waals surface area contributed by atoms with Gasteiger partial charge in [0.25, 0.3) is 5.56 Å². The van der Waals surface area contributed by atoms with Gasteiger partial charge in [-0.05, 0) is 6.07 Å². The van der Waals surface area contributed by atoms with Crippen LogP contribution in [0.15, 0.2) is 23.3 Å². The summed E-state index contributed by atoms with van der Waals surface area (Å²) >= 11 is 0. The van der Waals surface area contributed by atoms with Crippen LogP contribution in [0.1, 0.15) is 0 Å². The van der Waals surface area contributed by atoms with E-state index in [9.17, 15) is 22.4 Å². The second kappa shape index (κ2) is 3.72. The van der Waals surface area contributed by atoms with E-state index in [0.717, 1.165) is 6.33 Å². The van der Waals surface area contributed by atoms with Crippen LogP contribution in [0.5, 0.6) is 5.75 Å². The molecule has 1 heterocycles. The molecule has 0 aliphatic rings. The quantitative estimate of drug-likeness (QED) is 0.785. The van der Waals surface area contributed by atoms with E-state index in [-0.39, 0.29) is 10.9 Å². The third-order valence-electron chi connectivity index (χ3n) is 1.92. The summed E-state index contributed by atoms with van der Waals surface area (Å²) in [6.45, 7) is 0. The molecule has 4 nitrogen and oxygen atoms in total. The molecule has 0 atom stereocenters. The molecular weight excluding hydrogens is 244 g/mol. The summed E-state index contributed by atoms with van der Waals surface area (Å²) in [5.41, 5.74) is -0.734. The molecule has 1 N–H and O–H groups in total. The van der Waals surface area contributed by atoms with Crippen molar-refractivity contribution in [3.05, 3.63) is 34.6 Å². The van der Waals surface area contributed by atoms with Crippen LogP contribution in [0, 0.1) is 5.82 Å². The van der Waals surface area contributed by atoms with Crippen LogP contribution in [-0.2, 0) is 0 Å². The Hall–Kier alpha value is -2.12. The molecule has 0 saturated carbocycles. The van der Waals surface area contributed by atoms with Crippen molar-refractivity contribution in [2.45, 2.75) is 6.36 Å². The minimum atomic E-state index is -5.00. The first-order chi connectivity index (χ1) is 7.87. The van der Waals surface area contributed by atoms with E-state index in [1.165, 1.54) is 0 Å². The van der Waals surface area contributed by atoms with Gasteiger partial charge in [-0.1, -0.05) is 0 Å². The monoisotopic (exact) mass is 248 g/mol. The lowest BCUT2D eigenvalue weighted by Gasteiger charge is -2.09. The third-order valence-corrected chi connectivity index (χ3v) is 1.92. The van der Waals surface area contributed by atoms with Crippen molar-refractivity contribution in [3.8, 4) is 5.75 Å². The molecule has 0 spiro atoms. The van der Waals surface area contributed by atoms with Gasteiger partial charge in [-0.15, -0.1) is 13.2 Å². The molecule has 17 heavy (non-hydrogen) atoms. The van der Waals surface area contributed by atoms with Gasteiger partial charge >= 0.3 is 6.36 Å². The average Bonchev–Trinajstić information content (AvgIpc) is 2.19. The molecule has 2 aromatic rings. The van der Waals surface area contributed by atoms with Crippen molar-refractivity contribution in [2.75, 3.05) is 0 Å². The van der Waals surface area contributed by atoms with Gasteiger partial charge in [-0.3, -0.25) is 4.79 Å². The first-order valence-corrected chi connectivity index (χ1v) is 4.29. The van der Waals surface area contributed by atoms with Crippen LogP contribution in [0.4, 0.5) is 17.6 Å². The molecule has 2 rings (SSSR count). The number of aromatic amines is 1. The molecule has 1 aromatic heterocycles. The summed E-state index contributed by atoms with van der Waals surface area (Å²) < 4.78 is 52.4. The summed E-state index contributed by atoms with van der Waals surface area (Å²) in [7, 11) is 0. The predicted molar refractivity (Wildman–Crippen MR) is 49.0 cm³/mol. The van der Waals surface area contributed by atoms with Crippen molar-refractivity contribution < 1.29 is 22.3 Å². The first-order valence-electron chi connectivity index (χ1n) is 4.29. The highest BCUT2D eigenvalue weighted by molar-refractivity contribution is 5.78. The molecule has 0 unspecified atom stereocenters. The molecule has 0 amide bonds. The average molecular weight is 248 g/mol. The zero-order chi connectivity index (χ0) is 12.6. The second-order valence-corrected chi connectivity index (χ2v) is 3.08. The van der Waals surface area contributed by atoms with E-state index >= 15 is 0 Å². The largest absolute Gasteiger partial charge is 0.573 e. The second-order valence-electron chi connectivity index (χ2n) is 3.08. The van der Waals surface area contributed by atoms with Gasteiger partial charge in [0.2, 0.25) is 0 Å². The molecule has 0 radical (unpaired) electrons. The van der Waals surface area contributed by atoms with Crippen LogP contribution >= 0.6 is 0 Å². The fraction of sp³-hybridized carbons (Fsp3) is 0.111. The maximum Gasteiger partial charge on any atom is 0.573 e. The van der Waals surface area contributed by atoms with E-state index in [4.69, 9.17) is 0 Å². The Balaban J connectivity index is 2.60. The molecule has 0 bridgehead atoms. The summed E-state index contributed by atoms with van der Waals surface area (Å²) in [4.78, 5) is 17.0. The van der Waals surface area contributed by atoms with Gasteiger partial charge in [0.15, 0.2) is 11.6 Å². The fourth-order valence-electron chi connectivity index (χ4n) is 1.27. The summed E-state index contributed by atoms with van der Waals surface area (Å²) in [6, 6.07) is 1.36. The number of nitrogens with zero attached hydrogens (tertiary/aromatic N) is 1. The van der Waals surface area contributed by atoms with Crippen LogP contribution in [0.2, 0.25) is 0 Å². The number of fused-ring (bicyclic) bond motifs is 1. The molecule has 0 aliphatic heterocycles. The summed E-state index contributed by atoms with van der Waals surface area (Å²) in [6.07, 6.45) is -4.00. The molecule has 8 heteroatoms. The highest BCUT2D eigenvalue weighted by Gasteiger charge is 2.32. The predicted octanol–water partition coefficient (Wildman–Crippen LogP) is 1.96. The third kappa shape index (κ3) is 2.35. The van der Waals surface area contributed by atoms with Crippen LogP contribution in [0.3, 0.4) is 0 Å². The van der Waals surface area contributed by atoms with Gasteiger partial charge in [0.1, 0.15) is 0 Å². The highest BCUT2D eigenvalue weighted by atomic mass is 19.4. The number of hydrogen-bond donors (Lipinski definition) is 1. The lowest BCUT2D eigenvalue weighted by molar-refractivity contribution is -0.275. The first kappa shape index (κ1) is 11.4. The SMILES string of the molecule is O=c1[nH]cnc2cc(OC(F)(F)F)c(F)cc12. The lowest BCUT2D eigenvalue weighted by Crippen LogP contribution is -2.18. The molecular formula is C9H4F4N2O2. The van der Waals surface area contributed by atoms with Crippen LogP contribution < -0.4 is 10.3 Å². The van der Waals surface area contributed by atoms with Crippen molar-refractivity contribution in [1.29, 1.82) is 0 Å². The minimum Gasteiger partial charge on any atom is -0.403 e. The number of aromatic nitrogens is 2. The fourth-order valence-corrected chi connectivity index (χ4v) is 1.27. The van der Waals surface area contributed by atoms with Crippen molar-refractivity contribution in [1.82, 2.24) is 9.97 Å². The van der Waals surface area contributed by atoms with E-state index < -0.39 is 23.5 Å². The van der Waals surface area contributed by atoms with Gasteiger partial charge in [0.05, 0.1) is 17.2 Å². The number of rotatable bonds is 1. The van der Waals surface area contributed by atoms with Crippen molar-refractivity contribution in [3.63, 3.8) is 0 Å². The smallest absolute Gasteiger partial charge is 0.403 e. The van der Waals surface area contributed by atoms with Gasteiger partial charge in [0, 0.05) is 6.07 Å². The number of H-pyrrole nitrogens is 1. The number of alkyl halides is 3. The molecule has 0 aliphatic carbocycles. The number of hydrogen-bond acceptors (Lipinski definition) is 3. The maximum atomic E-state index is 13.2. The standard InChI is InChI=1S/C9H4F4N2O2/c10-5-1-4-6(14-3-15-8(4)16)2-7(5)17-9(11,12)13/h1-3H,(H,14,15,16). The topological polar surface area (TPSA) is 55.0 Å². The zero-order valence-electron chi connectivity index (χ0n) is 8.01. The van der Waals surface area contributed by atoms with Crippen LogP contribution in [-0.4, -0.2) is 16.3 Å². The molecule has 0 saturated heterocycles. The Morgan fingerprint density at radius 2 is 2.00 bits per heavy atom. The minimum absolute atomic E-state index is 0.0885. The van der Waals surface area contributed by atoms with Gasteiger partial charge < -0.3 is 9.72 Å². The summed E-state index contributed by atoms with van der Waals surface area (Å²) in [5.74, 6) is -2.31. The molecule has 90 valence electrons. The normalized spacial score (nSPS) is 11.8. The van der Waals surface area contributed by atoms with Crippen LogP contribution in [0.25, 0.3) is 10.9 Å². The van der Waals surface area contributed by atoms with Crippen molar-refractivity contribution in [2.24, 2.45) is 0 Å². The Bertz CT molecular complexity index is 620. The lowest BCUT2D eigenvalue weighted by atomic mass is 10.2. The number of nitrogens with one attached hydrogen (secondary N) is 1. The number of ether oxygens (including phenoxy) is 1. The Morgan fingerprint density at radius 3 is 2.65 bits per heavy atom. The van der Waals surface area contributed by atoms with Gasteiger partial charge in [-0.25, -0.2) is 9.37 Å². The Labute approximate surface area is 90.9 Å². The molecule has 1 aromatic carbocycles. The van der Waals surface area contributed by atoms with E-state index in [1.54, 1.807) is 0 Å². The summed E-state index contributed by atoms with van der Waals surface area (Å²) in [5, 5.41) is -0.153. The van der Waals surface area contributed by atoms with E-state index in [1.807, 2.05) is 0 Å². The number of halogens is 4. The Kier molecular flexibility index (Phi) is 2.49. The van der Waals surface area contributed by atoms with Gasteiger partial charge in [-0.2, -0.15) is 0 Å². The maximum absolute atomic E-state index is 13.2. The zero-order valence-corrected chi connectivity index (χ0v) is 8.01. The van der Waals surface area contributed by atoms with E-state index in [0.29, 0.717) is 12.1 Å². The molecule has 0 fully saturated rings. The Morgan fingerprint density at radius 1 is 1.29 bits per heavy atom. The number of benzene rings is 1. The highest BCUT2D eigenvalue weighted by Crippen LogP contribution is 2.27. The van der Waals surface area contributed by atoms with Crippen molar-refractivity contribution >= 4 is 10.9 Å². The van der Waals surface area contributed by atoms with E-state index in [2.05, 4.69) is 14.7 Å².